The number of hydrogen-bond donors (Lipinski definition) is 0. The van der Waals surface area contributed by atoms with Crippen LogP contribution in [0.3, 0.4) is 0 Å². The fourth-order valence-electron chi connectivity index (χ4n) is 2.88. The van der Waals surface area contributed by atoms with E-state index in [-0.39, 0.29) is 0 Å². The lowest BCUT2D eigenvalue weighted by Crippen LogP contribution is -2.12. The summed E-state index contributed by atoms with van der Waals surface area (Å²) < 4.78 is 7.49. The summed E-state index contributed by atoms with van der Waals surface area (Å²) in [5.41, 5.74) is 3.56. The monoisotopic (exact) mass is 277 g/mol. The molecule has 21 heavy (non-hydrogen) atoms. The van der Waals surface area contributed by atoms with Gasteiger partial charge in [-0.1, -0.05) is 36.4 Å². The van der Waals surface area contributed by atoms with Crippen molar-refractivity contribution in [3.63, 3.8) is 0 Å². The molecule has 1 aliphatic rings. The molecule has 4 nitrogen and oxygen atoms in total. The average Bonchev–Trinajstić information content (AvgIpc) is 2.99. The third-order valence-corrected chi connectivity index (χ3v) is 3.94. The summed E-state index contributed by atoms with van der Waals surface area (Å²) in [5, 5.41) is 8.80. The van der Waals surface area contributed by atoms with Crippen LogP contribution in [0.4, 0.5) is 0 Å². The molecule has 1 aromatic heterocycles. The molecule has 4 rings (SSSR count). The SMILES string of the molecule is COc1cccc(-c2nnc3n2CCc2ccccc2-3)c1. The maximum atomic E-state index is 5.30. The molecule has 1 aliphatic heterocycles. The molecule has 0 atom stereocenters. The van der Waals surface area contributed by atoms with E-state index in [4.69, 9.17) is 4.74 Å². The summed E-state index contributed by atoms with van der Waals surface area (Å²) in [7, 11) is 1.68. The zero-order chi connectivity index (χ0) is 14.2. The molecule has 0 saturated heterocycles. The number of rotatable bonds is 2. The Kier molecular flexibility index (Phi) is 2.74. The normalized spacial score (nSPS) is 12.6. The molecule has 2 aromatic carbocycles. The lowest BCUT2D eigenvalue weighted by molar-refractivity contribution is 0.415. The largest absolute Gasteiger partial charge is 0.497 e. The first-order chi connectivity index (χ1) is 10.4. The van der Waals surface area contributed by atoms with Crippen LogP contribution in [-0.2, 0) is 13.0 Å². The van der Waals surface area contributed by atoms with E-state index in [0.29, 0.717) is 0 Å². The summed E-state index contributed by atoms with van der Waals surface area (Å²) >= 11 is 0. The van der Waals surface area contributed by atoms with Crippen LogP contribution >= 0.6 is 0 Å². The Hall–Kier alpha value is -2.62. The van der Waals surface area contributed by atoms with Gasteiger partial charge >= 0.3 is 0 Å². The second kappa shape index (κ2) is 4.74. The lowest BCUT2D eigenvalue weighted by atomic mass is 10.0. The molecule has 0 unspecified atom stereocenters. The van der Waals surface area contributed by atoms with Crippen LogP contribution in [0.2, 0.25) is 0 Å². The van der Waals surface area contributed by atoms with Gasteiger partial charge in [0.15, 0.2) is 11.6 Å². The van der Waals surface area contributed by atoms with E-state index in [1.54, 1.807) is 7.11 Å². The van der Waals surface area contributed by atoms with Crippen LogP contribution in [0.25, 0.3) is 22.8 Å². The maximum Gasteiger partial charge on any atom is 0.164 e. The van der Waals surface area contributed by atoms with Crippen molar-refractivity contribution in [1.82, 2.24) is 14.8 Å². The van der Waals surface area contributed by atoms with E-state index in [9.17, 15) is 0 Å². The van der Waals surface area contributed by atoms with Gasteiger partial charge in [-0.05, 0) is 24.1 Å². The Morgan fingerprint density at radius 3 is 2.76 bits per heavy atom. The van der Waals surface area contributed by atoms with Crippen LogP contribution in [0, 0.1) is 0 Å². The first kappa shape index (κ1) is 12.1. The van der Waals surface area contributed by atoms with E-state index in [1.165, 1.54) is 11.1 Å². The smallest absolute Gasteiger partial charge is 0.164 e. The molecule has 0 radical (unpaired) electrons. The van der Waals surface area contributed by atoms with Crippen molar-refractivity contribution in [1.29, 1.82) is 0 Å². The number of aromatic nitrogens is 3. The molecule has 0 saturated carbocycles. The minimum Gasteiger partial charge on any atom is -0.497 e. The van der Waals surface area contributed by atoms with E-state index >= 15 is 0 Å². The zero-order valence-corrected chi connectivity index (χ0v) is 11.8. The highest BCUT2D eigenvalue weighted by molar-refractivity contribution is 5.67. The van der Waals surface area contributed by atoms with Gasteiger partial charge in [-0.3, -0.25) is 0 Å². The number of nitrogens with zero attached hydrogens (tertiary/aromatic N) is 3. The highest BCUT2D eigenvalue weighted by atomic mass is 16.5. The third-order valence-electron chi connectivity index (χ3n) is 3.94. The minimum absolute atomic E-state index is 0.834. The predicted molar refractivity (Wildman–Crippen MR) is 81.2 cm³/mol. The quantitative estimate of drug-likeness (QED) is 0.722. The van der Waals surface area contributed by atoms with E-state index in [2.05, 4.69) is 33.0 Å². The Morgan fingerprint density at radius 1 is 1.00 bits per heavy atom. The molecule has 0 fully saturated rings. The summed E-state index contributed by atoms with van der Waals surface area (Å²) in [6, 6.07) is 16.4. The summed E-state index contributed by atoms with van der Waals surface area (Å²) in [6.45, 7) is 0.909. The van der Waals surface area contributed by atoms with Crippen LogP contribution in [0.1, 0.15) is 5.56 Å². The second-order valence-corrected chi connectivity index (χ2v) is 5.14. The molecule has 4 heteroatoms. The van der Waals surface area contributed by atoms with Crippen molar-refractivity contribution in [2.45, 2.75) is 13.0 Å². The number of fused-ring (bicyclic) bond motifs is 3. The van der Waals surface area contributed by atoms with E-state index in [1.807, 2.05) is 30.3 Å². The molecule has 0 spiro atoms. The van der Waals surface area contributed by atoms with Crippen LogP contribution < -0.4 is 4.74 Å². The van der Waals surface area contributed by atoms with Crippen molar-refractivity contribution in [2.24, 2.45) is 0 Å². The number of hydrogen-bond acceptors (Lipinski definition) is 3. The van der Waals surface area contributed by atoms with E-state index < -0.39 is 0 Å². The van der Waals surface area contributed by atoms with Gasteiger partial charge in [0.05, 0.1) is 7.11 Å². The fourth-order valence-corrected chi connectivity index (χ4v) is 2.88. The highest BCUT2D eigenvalue weighted by Gasteiger charge is 2.21. The predicted octanol–water partition coefficient (Wildman–Crippen LogP) is 3.18. The average molecular weight is 277 g/mol. The number of methoxy groups -OCH3 is 1. The van der Waals surface area contributed by atoms with Gasteiger partial charge in [0.1, 0.15) is 5.75 Å². The van der Waals surface area contributed by atoms with Crippen molar-refractivity contribution >= 4 is 0 Å². The van der Waals surface area contributed by atoms with Crippen molar-refractivity contribution in [3.05, 3.63) is 54.1 Å². The first-order valence-electron chi connectivity index (χ1n) is 7.03. The lowest BCUT2D eigenvalue weighted by Gasteiger charge is -2.18. The Morgan fingerprint density at radius 2 is 1.86 bits per heavy atom. The first-order valence-corrected chi connectivity index (χ1v) is 7.03. The molecule has 0 amide bonds. The van der Waals surface area contributed by atoms with Crippen molar-refractivity contribution < 1.29 is 4.74 Å². The van der Waals surface area contributed by atoms with Crippen LogP contribution in [-0.4, -0.2) is 21.9 Å². The minimum atomic E-state index is 0.834. The van der Waals surface area contributed by atoms with Gasteiger partial charge in [-0.15, -0.1) is 10.2 Å². The number of aryl methyl sites for hydroxylation is 1. The summed E-state index contributed by atoms with van der Waals surface area (Å²) in [4.78, 5) is 0. The number of benzene rings is 2. The molecule has 104 valence electrons. The number of ether oxygens (including phenoxy) is 1. The van der Waals surface area contributed by atoms with Gasteiger partial charge in [0.25, 0.3) is 0 Å². The molecular weight excluding hydrogens is 262 g/mol. The summed E-state index contributed by atoms with van der Waals surface area (Å²) in [6.07, 6.45) is 1.01. The molecule has 3 aromatic rings. The van der Waals surface area contributed by atoms with Gasteiger partial charge in [-0.25, -0.2) is 0 Å². The molecule has 2 heterocycles. The van der Waals surface area contributed by atoms with Gasteiger partial charge in [-0.2, -0.15) is 0 Å². The topological polar surface area (TPSA) is 39.9 Å². The molecular formula is C17H15N3O. The van der Waals surface area contributed by atoms with Crippen molar-refractivity contribution in [3.8, 4) is 28.5 Å². The second-order valence-electron chi connectivity index (χ2n) is 5.14. The maximum absolute atomic E-state index is 5.30. The Labute approximate surface area is 123 Å². The Bertz CT molecular complexity index is 807. The highest BCUT2D eigenvalue weighted by Crippen LogP contribution is 2.32. The van der Waals surface area contributed by atoms with Crippen molar-refractivity contribution in [2.75, 3.05) is 7.11 Å². The molecule has 0 bridgehead atoms. The fraction of sp³-hybridized carbons (Fsp3) is 0.176. The molecule has 0 N–H and O–H groups in total. The third kappa shape index (κ3) is 1.91. The zero-order valence-electron chi connectivity index (χ0n) is 11.8. The Balaban J connectivity index is 1.86. The van der Waals surface area contributed by atoms with Crippen LogP contribution in [0.5, 0.6) is 5.75 Å². The molecule has 0 aliphatic carbocycles. The van der Waals surface area contributed by atoms with Gasteiger partial charge in [0.2, 0.25) is 0 Å². The summed E-state index contributed by atoms with van der Waals surface area (Å²) in [5.74, 6) is 2.69. The van der Waals surface area contributed by atoms with E-state index in [0.717, 1.165) is 35.9 Å². The standard InChI is InChI=1S/C17H15N3O/c1-21-14-7-4-6-13(11-14)16-18-19-17-15-8-3-2-5-12(15)9-10-20(16)17/h2-8,11H,9-10H2,1H3. The van der Waals surface area contributed by atoms with Gasteiger partial charge < -0.3 is 9.30 Å². The van der Waals surface area contributed by atoms with Gasteiger partial charge in [0, 0.05) is 17.7 Å². The van der Waals surface area contributed by atoms with Crippen LogP contribution in [0.15, 0.2) is 48.5 Å².